The van der Waals surface area contributed by atoms with E-state index in [4.69, 9.17) is 19.9 Å². The molecular weight excluding hydrogens is 456 g/mol. The molecule has 2 aliphatic heterocycles. The summed E-state index contributed by atoms with van der Waals surface area (Å²) in [5.74, 6) is 1.03. The van der Waals surface area contributed by atoms with Crippen LogP contribution in [0.1, 0.15) is 34.6 Å². The number of nitrogens with zero attached hydrogens (tertiary/aromatic N) is 5. The zero-order valence-electron chi connectivity index (χ0n) is 18.7. The second-order valence-corrected chi connectivity index (χ2v) is 9.87. The molecule has 0 spiro atoms. The molecule has 0 aliphatic carbocycles. The molecule has 4 unspecified atom stereocenters. The van der Waals surface area contributed by atoms with Crippen LogP contribution in [0.3, 0.4) is 0 Å². The first-order valence-corrected chi connectivity index (χ1v) is 11.8. The van der Waals surface area contributed by atoms with Gasteiger partial charge in [-0.05, 0) is 19.9 Å². The summed E-state index contributed by atoms with van der Waals surface area (Å²) in [5.41, 5.74) is 7.85. The van der Waals surface area contributed by atoms with Crippen molar-refractivity contribution < 1.29 is 19.3 Å². The number of aryl methyl sites for hydroxylation is 2. The second-order valence-electron chi connectivity index (χ2n) is 8.63. The normalized spacial score (nSPS) is 28.9. The number of aliphatic hydroxyl groups is 1. The van der Waals surface area contributed by atoms with Gasteiger partial charge in [0.1, 0.15) is 29.7 Å². The van der Waals surface area contributed by atoms with E-state index in [2.05, 4.69) is 20.1 Å². The summed E-state index contributed by atoms with van der Waals surface area (Å²) in [4.78, 5) is 13.5. The molecule has 5 atom stereocenters. The molecule has 10 nitrogen and oxygen atoms in total. The average molecular weight is 481 g/mol. The second kappa shape index (κ2) is 8.15. The van der Waals surface area contributed by atoms with Crippen molar-refractivity contribution in [2.45, 2.75) is 44.0 Å². The first-order valence-electron chi connectivity index (χ1n) is 11.0. The molecule has 2 fully saturated rings. The minimum absolute atomic E-state index is 0.278. The minimum atomic E-state index is -1.25. The van der Waals surface area contributed by atoms with E-state index >= 15 is 0 Å². The maximum absolute atomic E-state index is 10.5. The van der Waals surface area contributed by atoms with Crippen LogP contribution in [0.25, 0.3) is 16.0 Å². The largest absolute Gasteiger partial charge is 0.394 e. The zero-order chi connectivity index (χ0) is 23.4. The molecular formula is C23H24N6O4S. The topological polar surface area (TPSA) is 130 Å². The maximum atomic E-state index is 10.5. The van der Waals surface area contributed by atoms with Crippen molar-refractivity contribution in [3.05, 3.63) is 64.8 Å². The third-order valence-electron chi connectivity index (χ3n) is 6.25. The number of thiazole rings is 1. The number of pyridine rings is 1. The number of ether oxygens (including phenoxy) is 3. The van der Waals surface area contributed by atoms with Crippen molar-refractivity contribution in [3.8, 4) is 5.69 Å². The molecule has 0 bridgehead atoms. The molecule has 0 amide bonds. The van der Waals surface area contributed by atoms with Gasteiger partial charge in [-0.2, -0.15) is 5.10 Å². The standard InChI is InChI=1S/C23H24N6O4S/c1-12-26-21(29(28-12)15-8-17-20(25-9-15)27-13(2)34-17)19-23(24,11-30)18-16(32-19)10-31-22(33-18)14-6-4-3-5-7-14/h3-9,16,18-19,22,30H,10-11,24H2,1-2H3/t16?,18?,19-,22?,23?/m0/s1. The molecule has 1 aromatic carbocycles. The number of benzene rings is 1. The molecule has 176 valence electrons. The molecule has 3 aromatic heterocycles. The molecule has 0 radical (unpaired) electrons. The Morgan fingerprint density at radius 1 is 1.21 bits per heavy atom. The van der Waals surface area contributed by atoms with Crippen molar-refractivity contribution in [1.29, 1.82) is 0 Å². The monoisotopic (exact) mass is 480 g/mol. The lowest BCUT2D eigenvalue weighted by Crippen LogP contribution is -2.59. The Morgan fingerprint density at radius 2 is 2.03 bits per heavy atom. The van der Waals surface area contributed by atoms with Crippen LogP contribution in [0.15, 0.2) is 42.6 Å². The van der Waals surface area contributed by atoms with Gasteiger partial charge in [0.25, 0.3) is 0 Å². The van der Waals surface area contributed by atoms with Crippen LogP contribution >= 0.6 is 11.3 Å². The summed E-state index contributed by atoms with van der Waals surface area (Å²) in [7, 11) is 0. The van der Waals surface area contributed by atoms with Crippen LogP contribution in [-0.2, 0) is 14.2 Å². The van der Waals surface area contributed by atoms with Crippen molar-refractivity contribution in [2.24, 2.45) is 5.73 Å². The first kappa shape index (κ1) is 21.7. The lowest BCUT2D eigenvalue weighted by Gasteiger charge is -2.38. The van der Waals surface area contributed by atoms with Gasteiger partial charge in [0.05, 0.1) is 34.8 Å². The minimum Gasteiger partial charge on any atom is -0.394 e. The molecule has 5 heterocycles. The number of fused-ring (bicyclic) bond motifs is 2. The van der Waals surface area contributed by atoms with Crippen molar-refractivity contribution in [3.63, 3.8) is 0 Å². The molecule has 4 aromatic rings. The van der Waals surface area contributed by atoms with Crippen LogP contribution in [-0.4, -0.2) is 60.8 Å². The Kier molecular flexibility index (Phi) is 5.21. The SMILES string of the molecule is Cc1nc([C@@H]2OC3COC(c4ccccc4)OC3C2(N)CO)n(-c2cnc3nc(C)sc3c2)n1. The Bertz CT molecular complexity index is 1340. The summed E-state index contributed by atoms with van der Waals surface area (Å²) in [6.07, 6.45) is -0.733. The summed E-state index contributed by atoms with van der Waals surface area (Å²) in [6, 6.07) is 11.6. The van der Waals surface area contributed by atoms with Gasteiger partial charge in [-0.15, -0.1) is 11.3 Å². The number of hydrogen-bond acceptors (Lipinski definition) is 10. The third kappa shape index (κ3) is 3.44. The lowest BCUT2D eigenvalue weighted by atomic mass is 9.87. The van der Waals surface area contributed by atoms with Crippen LogP contribution in [0, 0.1) is 13.8 Å². The van der Waals surface area contributed by atoms with Crippen LogP contribution in [0.2, 0.25) is 0 Å². The summed E-state index contributed by atoms with van der Waals surface area (Å²) in [5, 5.41) is 16.0. The number of nitrogens with two attached hydrogens (primary N) is 1. The van der Waals surface area contributed by atoms with E-state index in [0.29, 0.717) is 23.0 Å². The van der Waals surface area contributed by atoms with Gasteiger partial charge in [0.2, 0.25) is 0 Å². The fourth-order valence-electron chi connectivity index (χ4n) is 4.65. The van der Waals surface area contributed by atoms with Gasteiger partial charge in [0, 0.05) is 5.56 Å². The highest BCUT2D eigenvalue weighted by molar-refractivity contribution is 7.18. The number of aromatic nitrogens is 5. The third-order valence-corrected chi connectivity index (χ3v) is 7.16. The fourth-order valence-corrected chi connectivity index (χ4v) is 5.47. The molecule has 34 heavy (non-hydrogen) atoms. The van der Waals surface area contributed by atoms with Gasteiger partial charge in [0.15, 0.2) is 17.8 Å². The highest BCUT2D eigenvalue weighted by atomic mass is 32.1. The summed E-state index contributed by atoms with van der Waals surface area (Å²) < 4.78 is 21.1. The Hall–Kier alpha value is -2.80. The maximum Gasteiger partial charge on any atom is 0.184 e. The lowest BCUT2D eigenvalue weighted by molar-refractivity contribution is -0.251. The summed E-state index contributed by atoms with van der Waals surface area (Å²) >= 11 is 1.56. The smallest absolute Gasteiger partial charge is 0.184 e. The molecule has 2 aliphatic rings. The molecule has 6 rings (SSSR count). The van der Waals surface area contributed by atoms with E-state index in [1.165, 1.54) is 0 Å². The van der Waals surface area contributed by atoms with Crippen LogP contribution < -0.4 is 5.73 Å². The van der Waals surface area contributed by atoms with E-state index in [9.17, 15) is 5.11 Å². The average Bonchev–Trinajstić information content (AvgIpc) is 3.51. The summed E-state index contributed by atoms with van der Waals surface area (Å²) in [6.45, 7) is 3.66. The van der Waals surface area contributed by atoms with Crippen molar-refractivity contribution >= 4 is 21.7 Å². The zero-order valence-corrected chi connectivity index (χ0v) is 19.5. The van der Waals surface area contributed by atoms with E-state index in [-0.39, 0.29) is 13.2 Å². The predicted octanol–water partition coefficient (Wildman–Crippen LogP) is 2.13. The van der Waals surface area contributed by atoms with Gasteiger partial charge in [-0.1, -0.05) is 30.3 Å². The molecule has 3 N–H and O–H groups in total. The van der Waals surface area contributed by atoms with E-state index in [1.807, 2.05) is 43.3 Å². The predicted molar refractivity (Wildman–Crippen MR) is 123 cm³/mol. The van der Waals surface area contributed by atoms with E-state index in [1.54, 1.807) is 29.1 Å². The van der Waals surface area contributed by atoms with E-state index in [0.717, 1.165) is 15.3 Å². The van der Waals surface area contributed by atoms with Gasteiger partial charge < -0.3 is 25.1 Å². The highest BCUT2D eigenvalue weighted by Crippen LogP contribution is 2.45. The molecule has 11 heteroatoms. The number of rotatable bonds is 4. The van der Waals surface area contributed by atoms with Gasteiger partial charge in [-0.25, -0.2) is 19.6 Å². The molecule has 0 saturated carbocycles. The Labute approximate surface area is 199 Å². The van der Waals surface area contributed by atoms with Crippen LogP contribution in [0.4, 0.5) is 0 Å². The fraction of sp³-hybridized carbons (Fsp3) is 0.391. The first-order chi connectivity index (χ1) is 16.5. The quantitative estimate of drug-likeness (QED) is 0.451. The van der Waals surface area contributed by atoms with E-state index < -0.39 is 30.1 Å². The van der Waals surface area contributed by atoms with Crippen LogP contribution in [0.5, 0.6) is 0 Å². The Balaban J connectivity index is 1.37. The van der Waals surface area contributed by atoms with Crippen molar-refractivity contribution in [2.75, 3.05) is 13.2 Å². The molecule has 2 saturated heterocycles. The number of hydrogen-bond donors (Lipinski definition) is 2. The van der Waals surface area contributed by atoms with Gasteiger partial charge in [-0.3, -0.25) is 0 Å². The van der Waals surface area contributed by atoms with Gasteiger partial charge >= 0.3 is 0 Å². The highest BCUT2D eigenvalue weighted by Gasteiger charge is 2.59. The Morgan fingerprint density at radius 3 is 2.82 bits per heavy atom. The number of aliphatic hydroxyl groups excluding tert-OH is 1. The van der Waals surface area contributed by atoms with Crippen molar-refractivity contribution in [1.82, 2.24) is 24.7 Å².